The quantitative estimate of drug-likeness (QED) is 0.810. The van der Waals surface area contributed by atoms with Gasteiger partial charge in [0.2, 0.25) is 0 Å². The van der Waals surface area contributed by atoms with E-state index in [2.05, 4.69) is 13.8 Å². The molecule has 2 atom stereocenters. The summed E-state index contributed by atoms with van der Waals surface area (Å²) in [6.07, 6.45) is 2.07. The van der Waals surface area contributed by atoms with E-state index in [1.165, 1.54) is 18.6 Å². The van der Waals surface area contributed by atoms with Crippen LogP contribution >= 0.6 is 0 Å². The smallest absolute Gasteiger partial charge is 0.123 e. The average molecular weight is 207 g/mol. The number of hydrogen-bond donors (Lipinski definition) is 1. The van der Waals surface area contributed by atoms with Crippen molar-refractivity contribution < 1.29 is 4.39 Å². The second kappa shape index (κ2) is 3.60. The topological polar surface area (TPSA) is 26.0 Å². The van der Waals surface area contributed by atoms with Gasteiger partial charge in [-0.1, -0.05) is 26.0 Å². The van der Waals surface area contributed by atoms with Crippen LogP contribution < -0.4 is 5.73 Å². The fourth-order valence-electron chi connectivity index (χ4n) is 2.27. The molecule has 82 valence electrons. The molecule has 2 heteroatoms. The number of benzene rings is 1. The molecule has 0 aliphatic heterocycles. The summed E-state index contributed by atoms with van der Waals surface area (Å²) in [5, 5.41) is 0. The summed E-state index contributed by atoms with van der Waals surface area (Å²) >= 11 is 0. The van der Waals surface area contributed by atoms with Crippen LogP contribution in [-0.4, -0.2) is 6.04 Å². The first-order chi connectivity index (χ1) is 6.99. The maximum atomic E-state index is 12.7. The van der Waals surface area contributed by atoms with Crippen LogP contribution in [-0.2, 0) is 6.42 Å². The zero-order valence-corrected chi connectivity index (χ0v) is 9.33. The lowest BCUT2D eigenvalue weighted by Crippen LogP contribution is -2.27. The van der Waals surface area contributed by atoms with E-state index in [9.17, 15) is 4.39 Å². The third-order valence-electron chi connectivity index (χ3n) is 3.49. The minimum absolute atomic E-state index is 0.181. The minimum Gasteiger partial charge on any atom is -0.327 e. The summed E-state index contributed by atoms with van der Waals surface area (Å²) in [4.78, 5) is 0. The van der Waals surface area contributed by atoms with Crippen molar-refractivity contribution in [3.05, 3.63) is 35.6 Å². The van der Waals surface area contributed by atoms with Gasteiger partial charge in [-0.3, -0.25) is 0 Å². The first-order valence-electron chi connectivity index (χ1n) is 5.49. The van der Waals surface area contributed by atoms with Crippen LogP contribution in [0.3, 0.4) is 0 Å². The Kier molecular flexibility index (Phi) is 2.55. The van der Waals surface area contributed by atoms with Gasteiger partial charge >= 0.3 is 0 Å². The van der Waals surface area contributed by atoms with Gasteiger partial charge in [-0.25, -0.2) is 4.39 Å². The van der Waals surface area contributed by atoms with Gasteiger partial charge in [0.05, 0.1) is 0 Å². The summed E-state index contributed by atoms with van der Waals surface area (Å²) in [5.74, 6) is 0.446. The Morgan fingerprint density at radius 1 is 1.40 bits per heavy atom. The van der Waals surface area contributed by atoms with Crippen molar-refractivity contribution >= 4 is 0 Å². The first kappa shape index (κ1) is 10.6. The molecule has 0 spiro atoms. The number of rotatable bonds is 3. The highest BCUT2D eigenvalue weighted by Gasteiger charge is 2.48. The molecule has 1 aliphatic carbocycles. The molecule has 0 heterocycles. The van der Waals surface area contributed by atoms with Gasteiger partial charge in [0.15, 0.2) is 0 Å². The molecule has 0 aromatic heterocycles. The minimum atomic E-state index is -0.181. The maximum absolute atomic E-state index is 12.7. The summed E-state index contributed by atoms with van der Waals surface area (Å²) in [6, 6.07) is 6.86. The Bertz CT molecular complexity index is 342. The second-order valence-electron chi connectivity index (χ2n) is 5.29. The largest absolute Gasteiger partial charge is 0.327 e. The lowest BCUT2D eigenvalue weighted by atomic mass is 9.98. The highest BCUT2D eigenvalue weighted by atomic mass is 19.1. The van der Waals surface area contributed by atoms with E-state index in [1.807, 2.05) is 12.1 Å². The van der Waals surface area contributed by atoms with E-state index in [0.29, 0.717) is 11.3 Å². The van der Waals surface area contributed by atoms with Crippen LogP contribution in [0.1, 0.15) is 25.8 Å². The molecule has 2 rings (SSSR count). The number of nitrogens with two attached hydrogens (primary N) is 1. The molecule has 1 aromatic rings. The first-order valence-corrected chi connectivity index (χ1v) is 5.49. The molecule has 0 radical (unpaired) electrons. The predicted octanol–water partition coefficient (Wildman–Crippen LogP) is 2.74. The van der Waals surface area contributed by atoms with Crippen LogP contribution in [0.2, 0.25) is 0 Å². The van der Waals surface area contributed by atoms with Crippen molar-refractivity contribution in [3.63, 3.8) is 0 Å². The van der Waals surface area contributed by atoms with Gasteiger partial charge in [-0.2, -0.15) is 0 Å². The number of halogens is 1. The van der Waals surface area contributed by atoms with Crippen LogP contribution in [0.15, 0.2) is 24.3 Å². The molecule has 1 aliphatic rings. The number of hydrogen-bond acceptors (Lipinski definition) is 1. The molecule has 0 amide bonds. The highest BCUT2D eigenvalue weighted by Crippen LogP contribution is 2.53. The fraction of sp³-hybridized carbons (Fsp3) is 0.538. The van der Waals surface area contributed by atoms with E-state index in [-0.39, 0.29) is 11.9 Å². The van der Waals surface area contributed by atoms with E-state index in [0.717, 1.165) is 12.0 Å². The Morgan fingerprint density at radius 3 is 2.40 bits per heavy atom. The van der Waals surface area contributed by atoms with Crippen molar-refractivity contribution in [2.75, 3.05) is 0 Å². The average Bonchev–Trinajstić information content (AvgIpc) is 2.79. The zero-order valence-electron chi connectivity index (χ0n) is 9.33. The van der Waals surface area contributed by atoms with E-state index < -0.39 is 0 Å². The van der Waals surface area contributed by atoms with E-state index >= 15 is 0 Å². The summed E-state index contributed by atoms with van der Waals surface area (Å²) in [7, 11) is 0. The summed E-state index contributed by atoms with van der Waals surface area (Å²) in [5.41, 5.74) is 7.68. The van der Waals surface area contributed by atoms with E-state index in [1.54, 1.807) is 0 Å². The van der Waals surface area contributed by atoms with Gasteiger partial charge in [0.25, 0.3) is 0 Å². The molecular formula is C13H18FN. The van der Waals surface area contributed by atoms with Gasteiger partial charge in [-0.05, 0) is 41.9 Å². The fourth-order valence-corrected chi connectivity index (χ4v) is 2.27. The third-order valence-corrected chi connectivity index (χ3v) is 3.49. The van der Waals surface area contributed by atoms with Crippen molar-refractivity contribution in [1.82, 2.24) is 0 Å². The Morgan fingerprint density at radius 2 is 1.93 bits per heavy atom. The standard InChI is InChI=1S/C13H18FN/c1-13(2)8-11(13)12(15)7-9-3-5-10(14)6-4-9/h3-6,11-12H,7-8,15H2,1-2H3. The van der Waals surface area contributed by atoms with Crippen LogP contribution in [0, 0.1) is 17.2 Å². The van der Waals surface area contributed by atoms with Crippen molar-refractivity contribution in [2.24, 2.45) is 17.1 Å². The molecule has 0 bridgehead atoms. The Hall–Kier alpha value is -0.890. The molecule has 1 nitrogen and oxygen atoms in total. The monoisotopic (exact) mass is 207 g/mol. The molecule has 2 unspecified atom stereocenters. The second-order valence-corrected chi connectivity index (χ2v) is 5.29. The lowest BCUT2D eigenvalue weighted by molar-refractivity contribution is 0.476. The van der Waals surface area contributed by atoms with Crippen molar-refractivity contribution in [1.29, 1.82) is 0 Å². The van der Waals surface area contributed by atoms with Crippen molar-refractivity contribution in [3.8, 4) is 0 Å². The van der Waals surface area contributed by atoms with Crippen LogP contribution in [0.25, 0.3) is 0 Å². The highest BCUT2D eigenvalue weighted by molar-refractivity contribution is 5.18. The van der Waals surface area contributed by atoms with Gasteiger partial charge in [0.1, 0.15) is 5.82 Å². The van der Waals surface area contributed by atoms with Gasteiger partial charge in [-0.15, -0.1) is 0 Å². The molecule has 15 heavy (non-hydrogen) atoms. The predicted molar refractivity (Wildman–Crippen MR) is 60.0 cm³/mol. The van der Waals surface area contributed by atoms with Crippen LogP contribution in [0.5, 0.6) is 0 Å². The SMILES string of the molecule is CC1(C)CC1C(N)Cc1ccc(F)cc1. The molecule has 0 saturated heterocycles. The lowest BCUT2D eigenvalue weighted by Gasteiger charge is -2.13. The van der Waals surface area contributed by atoms with E-state index in [4.69, 9.17) is 5.73 Å². The summed E-state index contributed by atoms with van der Waals surface area (Å²) < 4.78 is 12.7. The van der Waals surface area contributed by atoms with Crippen LogP contribution in [0.4, 0.5) is 4.39 Å². The molecular weight excluding hydrogens is 189 g/mol. The summed E-state index contributed by atoms with van der Waals surface area (Å²) in [6.45, 7) is 4.50. The third kappa shape index (κ3) is 2.37. The van der Waals surface area contributed by atoms with Gasteiger partial charge < -0.3 is 5.73 Å². The maximum Gasteiger partial charge on any atom is 0.123 e. The molecule has 1 fully saturated rings. The van der Waals surface area contributed by atoms with Gasteiger partial charge in [0, 0.05) is 6.04 Å². The molecule has 1 aromatic carbocycles. The Balaban J connectivity index is 1.95. The van der Waals surface area contributed by atoms with Crippen molar-refractivity contribution in [2.45, 2.75) is 32.7 Å². The Labute approximate surface area is 90.5 Å². The zero-order chi connectivity index (χ0) is 11.1. The normalized spacial score (nSPS) is 24.9. The molecule has 1 saturated carbocycles. The molecule has 2 N–H and O–H groups in total.